The Morgan fingerprint density at radius 1 is 1.48 bits per heavy atom. The molecule has 0 aromatic carbocycles. The molecule has 0 saturated heterocycles. The van der Waals surface area contributed by atoms with E-state index in [9.17, 15) is 13.6 Å². The molecule has 0 radical (unpaired) electrons. The van der Waals surface area contributed by atoms with E-state index in [2.05, 4.69) is 22.2 Å². The smallest absolute Gasteiger partial charge is 0.320 e. The first kappa shape index (κ1) is 22.0. The average molecular weight is 403 g/mol. The maximum atomic E-state index is 12.8. The highest BCUT2D eigenvalue weighted by Crippen LogP contribution is 2.25. The summed E-state index contributed by atoms with van der Waals surface area (Å²) in [6, 6.07) is 0.297. The Labute approximate surface area is 167 Å². The predicted molar refractivity (Wildman–Crippen MR) is 111 cm³/mol. The van der Waals surface area contributed by atoms with Crippen LogP contribution in [0.25, 0.3) is 6.08 Å². The van der Waals surface area contributed by atoms with Crippen molar-refractivity contribution in [1.29, 1.82) is 5.41 Å². The van der Waals surface area contributed by atoms with Crippen LogP contribution in [0.1, 0.15) is 18.2 Å². The fourth-order valence-corrected chi connectivity index (χ4v) is 2.52. The van der Waals surface area contributed by atoms with E-state index in [0.29, 0.717) is 5.57 Å². The minimum Gasteiger partial charge on any atom is -0.375 e. The second-order valence-corrected chi connectivity index (χ2v) is 6.00. The molecule has 0 unspecified atom stereocenters. The third-order valence-corrected chi connectivity index (χ3v) is 3.87. The first-order valence-electron chi connectivity index (χ1n) is 8.84. The Hall–Kier alpha value is -3.33. The topological polar surface area (TPSA) is 99.1 Å². The SMILES string of the molecule is C=C(/C=C\C=C/C)[C@H]1COC/C=C\c2nc(cc(C=N)c2NC(F)F)NC(=O)N1. The third-order valence-electron chi connectivity index (χ3n) is 3.87. The van der Waals surface area contributed by atoms with Gasteiger partial charge in [0.25, 0.3) is 0 Å². The van der Waals surface area contributed by atoms with E-state index >= 15 is 0 Å². The number of carbonyl (C=O) groups is 1. The summed E-state index contributed by atoms with van der Waals surface area (Å²) >= 11 is 0. The molecule has 4 N–H and O–H groups in total. The highest BCUT2D eigenvalue weighted by Gasteiger charge is 2.18. The molecule has 29 heavy (non-hydrogen) atoms. The zero-order valence-corrected chi connectivity index (χ0v) is 15.9. The number of pyridine rings is 1. The molecule has 9 heteroatoms. The van der Waals surface area contributed by atoms with Crippen molar-refractivity contribution in [2.45, 2.75) is 19.5 Å². The minimum absolute atomic E-state index is 0.00496. The number of halogens is 2. The quantitative estimate of drug-likeness (QED) is 0.328. The van der Waals surface area contributed by atoms with Gasteiger partial charge in [0, 0.05) is 11.8 Å². The van der Waals surface area contributed by atoms with Crippen molar-refractivity contribution in [3.05, 3.63) is 59.9 Å². The van der Waals surface area contributed by atoms with Crippen molar-refractivity contribution in [1.82, 2.24) is 10.3 Å². The Balaban J connectivity index is 2.32. The fraction of sp³-hybridized carbons (Fsp3) is 0.250. The number of allylic oxidation sites excluding steroid dienone is 3. The van der Waals surface area contributed by atoms with Gasteiger partial charge in [-0.15, -0.1) is 0 Å². The summed E-state index contributed by atoms with van der Waals surface area (Å²) in [5.41, 5.74) is 0.948. The van der Waals surface area contributed by atoms with Crippen LogP contribution in [0.4, 0.5) is 25.1 Å². The third kappa shape index (κ3) is 6.65. The van der Waals surface area contributed by atoms with Crippen LogP contribution in [-0.2, 0) is 4.74 Å². The van der Waals surface area contributed by atoms with E-state index in [-0.39, 0.29) is 36.0 Å². The molecule has 1 aliphatic heterocycles. The van der Waals surface area contributed by atoms with Gasteiger partial charge in [0.1, 0.15) is 5.82 Å². The number of urea groups is 1. The van der Waals surface area contributed by atoms with Crippen molar-refractivity contribution >= 4 is 29.8 Å². The van der Waals surface area contributed by atoms with Crippen molar-refractivity contribution < 1.29 is 18.3 Å². The highest BCUT2D eigenvalue weighted by atomic mass is 19.3. The number of rotatable bonds is 6. The van der Waals surface area contributed by atoms with E-state index in [1.54, 1.807) is 18.2 Å². The molecule has 2 bridgehead atoms. The van der Waals surface area contributed by atoms with Crippen molar-refractivity contribution in [3.8, 4) is 0 Å². The van der Waals surface area contributed by atoms with Crippen LogP contribution in [0.3, 0.4) is 0 Å². The van der Waals surface area contributed by atoms with Gasteiger partial charge in [-0.25, -0.2) is 9.78 Å². The summed E-state index contributed by atoms with van der Waals surface area (Å²) in [4.78, 5) is 16.6. The van der Waals surface area contributed by atoms with Crippen LogP contribution in [0, 0.1) is 5.41 Å². The number of ether oxygens (including phenoxy) is 1. The second kappa shape index (κ2) is 10.9. The van der Waals surface area contributed by atoms with E-state index in [1.165, 1.54) is 12.1 Å². The van der Waals surface area contributed by atoms with Gasteiger partial charge in [-0.3, -0.25) is 5.32 Å². The molecule has 7 nitrogen and oxygen atoms in total. The van der Waals surface area contributed by atoms with Gasteiger partial charge in [-0.05, 0) is 24.6 Å². The molecule has 1 aliphatic rings. The summed E-state index contributed by atoms with van der Waals surface area (Å²) in [5.74, 6) is 0.121. The number of aromatic nitrogens is 1. The normalized spacial score (nSPS) is 18.6. The van der Waals surface area contributed by atoms with Crippen LogP contribution >= 0.6 is 0 Å². The number of fused-ring (bicyclic) bond motifs is 2. The summed E-state index contributed by atoms with van der Waals surface area (Å²) < 4.78 is 31.3. The first-order chi connectivity index (χ1) is 13.9. The van der Waals surface area contributed by atoms with Crippen LogP contribution in [0.15, 0.2) is 48.6 Å². The standard InChI is InChI=1S/C20H23F2N5O2/c1-3-4-5-7-13(2)16-12-29-9-6-8-15-18(27-19(21)22)14(11-23)10-17(24-15)26-20(28)25-16/h3-8,10-11,16,19,23,27H,2,9,12H2,1H3,(H2,24,25,26,28)/b4-3-,7-5-,8-6-,23-11?/t16-/m1/s1. The Morgan fingerprint density at radius 2 is 2.28 bits per heavy atom. The Morgan fingerprint density at radius 3 is 2.97 bits per heavy atom. The number of anilines is 2. The predicted octanol–water partition coefficient (Wildman–Crippen LogP) is 3.94. The molecule has 2 amide bonds. The number of carbonyl (C=O) groups excluding carboxylic acids is 1. The lowest BCUT2D eigenvalue weighted by molar-refractivity contribution is 0.147. The lowest BCUT2D eigenvalue weighted by Crippen LogP contribution is -2.41. The second-order valence-electron chi connectivity index (χ2n) is 6.00. The van der Waals surface area contributed by atoms with E-state index in [0.717, 1.165) is 6.21 Å². The maximum Gasteiger partial charge on any atom is 0.320 e. The molecule has 1 aromatic rings. The molecule has 0 fully saturated rings. The average Bonchev–Trinajstić information content (AvgIpc) is 2.67. The van der Waals surface area contributed by atoms with Crippen molar-refractivity contribution in [2.24, 2.45) is 0 Å². The van der Waals surface area contributed by atoms with E-state index in [4.69, 9.17) is 10.1 Å². The number of alkyl halides is 2. The lowest BCUT2D eigenvalue weighted by Gasteiger charge is -2.21. The highest BCUT2D eigenvalue weighted by molar-refractivity contribution is 5.94. The van der Waals surface area contributed by atoms with Gasteiger partial charge in [0.15, 0.2) is 0 Å². The summed E-state index contributed by atoms with van der Waals surface area (Å²) in [5, 5.41) is 14.8. The largest absolute Gasteiger partial charge is 0.375 e. The van der Waals surface area contributed by atoms with Gasteiger partial charge >= 0.3 is 12.6 Å². The summed E-state index contributed by atoms with van der Waals surface area (Å²) in [6.07, 6.45) is 11.3. The van der Waals surface area contributed by atoms with Crippen LogP contribution in [0.5, 0.6) is 0 Å². The lowest BCUT2D eigenvalue weighted by atomic mass is 10.1. The number of nitrogens with one attached hydrogen (secondary N) is 4. The first-order valence-corrected chi connectivity index (χ1v) is 8.84. The molecule has 0 saturated carbocycles. The van der Waals surface area contributed by atoms with Gasteiger partial charge in [0.05, 0.1) is 30.6 Å². The molecule has 1 aromatic heterocycles. The summed E-state index contributed by atoms with van der Waals surface area (Å²) in [6.45, 7) is 3.36. The number of hydrogen-bond donors (Lipinski definition) is 4. The fourth-order valence-electron chi connectivity index (χ4n) is 2.52. The van der Waals surface area contributed by atoms with E-state index < -0.39 is 18.6 Å². The molecule has 154 valence electrons. The molecular formula is C20H23F2N5O2. The summed E-state index contributed by atoms with van der Waals surface area (Å²) in [7, 11) is 0. The molecule has 2 heterocycles. The number of nitrogens with zero attached hydrogens (tertiary/aromatic N) is 1. The number of hydrogen-bond acceptors (Lipinski definition) is 5. The maximum absolute atomic E-state index is 12.8. The van der Waals surface area contributed by atoms with Crippen LogP contribution < -0.4 is 16.0 Å². The van der Waals surface area contributed by atoms with Crippen molar-refractivity contribution in [2.75, 3.05) is 23.8 Å². The monoisotopic (exact) mass is 403 g/mol. The minimum atomic E-state index is -2.83. The molecule has 2 rings (SSSR count). The molecule has 0 aliphatic carbocycles. The number of amides is 2. The van der Waals surface area contributed by atoms with E-state index in [1.807, 2.05) is 24.4 Å². The van der Waals surface area contributed by atoms with Crippen molar-refractivity contribution in [3.63, 3.8) is 0 Å². The van der Waals surface area contributed by atoms with Gasteiger partial charge in [-0.2, -0.15) is 8.78 Å². The zero-order valence-electron chi connectivity index (χ0n) is 15.9. The van der Waals surface area contributed by atoms with Crippen LogP contribution in [0.2, 0.25) is 0 Å². The van der Waals surface area contributed by atoms with Gasteiger partial charge < -0.3 is 20.8 Å². The Bertz CT molecular complexity index is 850. The zero-order chi connectivity index (χ0) is 21.2. The molecule has 1 atom stereocenters. The molecule has 0 spiro atoms. The Kier molecular flexibility index (Phi) is 8.23. The van der Waals surface area contributed by atoms with Gasteiger partial charge in [-0.1, -0.05) is 37.0 Å². The molecular weight excluding hydrogens is 380 g/mol. The van der Waals surface area contributed by atoms with Crippen LogP contribution in [-0.4, -0.2) is 43.0 Å². The van der Waals surface area contributed by atoms with Gasteiger partial charge in [0.2, 0.25) is 0 Å².